The van der Waals surface area contributed by atoms with Crippen molar-refractivity contribution in [3.05, 3.63) is 60.7 Å². The number of benzene rings is 1. The van der Waals surface area contributed by atoms with Crippen LogP contribution in [-0.4, -0.2) is 41.5 Å². The number of aromatic nitrogens is 7. The number of hydrogen-bond donors (Lipinski definition) is 1. The SMILES string of the molecule is FC(F)(F)Oc1ccccc1Cn1cnc(-c2cc(-c3nn[nH]n3)ccn2)c1. The van der Waals surface area contributed by atoms with Crippen molar-refractivity contribution < 1.29 is 17.9 Å². The number of ether oxygens (including phenoxy) is 1. The third-order valence-corrected chi connectivity index (χ3v) is 3.81. The molecule has 1 N–H and O–H groups in total. The van der Waals surface area contributed by atoms with Crippen LogP contribution in [0.3, 0.4) is 0 Å². The number of alkyl halides is 3. The van der Waals surface area contributed by atoms with Crippen LogP contribution in [-0.2, 0) is 6.54 Å². The fourth-order valence-corrected chi connectivity index (χ4v) is 2.63. The first-order chi connectivity index (χ1) is 13.5. The number of aromatic amines is 1. The smallest absolute Gasteiger partial charge is 0.405 e. The predicted octanol–water partition coefficient (Wildman–Crippen LogP) is 3.07. The third-order valence-electron chi connectivity index (χ3n) is 3.81. The van der Waals surface area contributed by atoms with Gasteiger partial charge < -0.3 is 9.30 Å². The monoisotopic (exact) mass is 387 g/mol. The summed E-state index contributed by atoms with van der Waals surface area (Å²) in [5.74, 6) is 0.170. The van der Waals surface area contributed by atoms with E-state index in [1.54, 1.807) is 41.2 Å². The fourth-order valence-electron chi connectivity index (χ4n) is 2.63. The van der Waals surface area contributed by atoms with Crippen LogP contribution in [0.2, 0.25) is 0 Å². The molecule has 0 aliphatic heterocycles. The molecule has 0 radical (unpaired) electrons. The van der Waals surface area contributed by atoms with Crippen LogP contribution in [0.25, 0.3) is 22.8 Å². The van der Waals surface area contributed by atoms with Crippen molar-refractivity contribution in [1.82, 2.24) is 35.2 Å². The van der Waals surface area contributed by atoms with Gasteiger partial charge >= 0.3 is 6.36 Å². The van der Waals surface area contributed by atoms with Gasteiger partial charge in [-0.3, -0.25) is 4.98 Å². The topological polar surface area (TPSA) is 94.4 Å². The van der Waals surface area contributed by atoms with Crippen LogP contribution in [0.4, 0.5) is 13.2 Å². The fraction of sp³-hybridized carbons (Fsp3) is 0.118. The highest BCUT2D eigenvalue weighted by atomic mass is 19.4. The Hall–Kier alpha value is -3.76. The Bertz CT molecular complexity index is 1080. The second kappa shape index (κ2) is 7.10. The van der Waals surface area contributed by atoms with Crippen molar-refractivity contribution in [1.29, 1.82) is 0 Å². The minimum atomic E-state index is -4.75. The Balaban J connectivity index is 1.57. The second-order valence-electron chi connectivity index (χ2n) is 5.75. The van der Waals surface area contributed by atoms with Gasteiger partial charge in [-0.25, -0.2) is 4.98 Å². The van der Waals surface area contributed by atoms with E-state index in [4.69, 9.17) is 0 Å². The molecule has 0 aliphatic rings. The molecule has 0 unspecified atom stereocenters. The van der Waals surface area contributed by atoms with E-state index in [1.165, 1.54) is 18.5 Å². The Kier molecular flexibility index (Phi) is 4.47. The summed E-state index contributed by atoms with van der Waals surface area (Å²) in [4.78, 5) is 8.55. The van der Waals surface area contributed by atoms with Gasteiger partial charge in [-0.1, -0.05) is 18.2 Å². The number of para-hydroxylation sites is 1. The Morgan fingerprint density at radius 3 is 2.71 bits per heavy atom. The van der Waals surface area contributed by atoms with Gasteiger partial charge in [-0.05, 0) is 23.4 Å². The van der Waals surface area contributed by atoms with E-state index < -0.39 is 6.36 Å². The van der Waals surface area contributed by atoms with Crippen molar-refractivity contribution in [3.63, 3.8) is 0 Å². The van der Waals surface area contributed by atoms with Crippen molar-refractivity contribution in [2.45, 2.75) is 12.9 Å². The van der Waals surface area contributed by atoms with E-state index in [0.29, 0.717) is 28.3 Å². The van der Waals surface area contributed by atoms with E-state index in [-0.39, 0.29) is 12.3 Å². The lowest BCUT2D eigenvalue weighted by Gasteiger charge is -2.13. The van der Waals surface area contributed by atoms with Gasteiger partial charge in [0.25, 0.3) is 0 Å². The van der Waals surface area contributed by atoms with Gasteiger partial charge in [0.1, 0.15) is 11.4 Å². The normalized spacial score (nSPS) is 11.5. The molecule has 4 rings (SSSR count). The number of nitrogens with one attached hydrogen (secondary N) is 1. The quantitative estimate of drug-likeness (QED) is 0.566. The van der Waals surface area contributed by atoms with Crippen LogP contribution in [0.15, 0.2) is 55.1 Å². The van der Waals surface area contributed by atoms with Gasteiger partial charge in [0.2, 0.25) is 5.82 Å². The summed E-state index contributed by atoms with van der Waals surface area (Å²) in [5.41, 5.74) is 2.20. The van der Waals surface area contributed by atoms with Gasteiger partial charge in [0, 0.05) is 23.5 Å². The standard InChI is InChI=1S/C17H12F3N7O/c18-17(19,20)28-15-4-2-1-3-12(15)8-27-9-14(22-10-27)13-7-11(5-6-21-13)16-23-25-26-24-16/h1-7,9-10H,8H2,(H,23,24,25,26). The maximum atomic E-state index is 12.6. The Labute approximate surface area is 156 Å². The van der Waals surface area contributed by atoms with Crippen LogP contribution in [0.1, 0.15) is 5.56 Å². The second-order valence-corrected chi connectivity index (χ2v) is 5.75. The number of H-pyrrole nitrogens is 1. The number of imidazole rings is 1. The lowest BCUT2D eigenvalue weighted by molar-refractivity contribution is -0.274. The first kappa shape index (κ1) is 17.6. The molecule has 0 fully saturated rings. The first-order valence-electron chi connectivity index (χ1n) is 8.03. The zero-order chi connectivity index (χ0) is 19.6. The molecule has 0 saturated carbocycles. The molecule has 4 aromatic rings. The number of rotatable bonds is 5. The molecular weight excluding hydrogens is 375 g/mol. The first-order valence-corrected chi connectivity index (χ1v) is 8.03. The molecule has 0 amide bonds. The van der Waals surface area contributed by atoms with E-state index in [1.807, 2.05) is 0 Å². The molecular formula is C17H12F3N7O. The minimum Gasteiger partial charge on any atom is -0.405 e. The molecule has 3 heterocycles. The summed E-state index contributed by atoms with van der Waals surface area (Å²) in [6.07, 6.45) is 0.0390. The van der Waals surface area contributed by atoms with Crippen LogP contribution in [0.5, 0.6) is 5.75 Å². The lowest BCUT2D eigenvalue weighted by Crippen LogP contribution is -2.18. The molecule has 28 heavy (non-hydrogen) atoms. The maximum absolute atomic E-state index is 12.6. The van der Waals surface area contributed by atoms with Crippen molar-refractivity contribution in [2.24, 2.45) is 0 Å². The van der Waals surface area contributed by atoms with Gasteiger partial charge in [-0.15, -0.1) is 23.4 Å². The minimum absolute atomic E-state index is 0.157. The molecule has 0 saturated heterocycles. The molecule has 0 aliphatic carbocycles. The predicted molar refractivity (Wildman–Crippen MR) is 90.9 cm³/mol. The number of nitrogens with zero attached hydrogens (tertiary/aromatic N) is 6. The van der Waals surface area contributed by atoms with E-state index in [9.17, 15) is 13.2 Å². The molecule has 0 spiro atoms. The molecule has 0 atom stereocenters. The highest BCUT2D eigenvalue weighted by Gasteiger charge is 2.32. The van der Waals surface area contributed by atoms with E-state index >= 15 is 0 Å². The van der Waals surface area contributed by atoms with E-state index in [2.05, 4.69) is 35.3 Å². The lowest BCUT2D eigenvalue weighted by atomic mass is 10.2. The summed E-state index contributed by atoms with van der Waals surface area (Å²) in [7, 11) is 0. The Morgan fingerprint density at radius 1 is 1.07 bits per heavy atom. The highest BCUT2D eigenvalue weighted by Crippen LogP contribution is 2.27. The largest absolute Gasteiger partial charge is 0.573 e. The molecule has 11 heteroatoms. The average molecular weight is 387 g/mol. The molecule has 142 valence electrons. The maximum Gasteiger partial charge on any atom is 0.573 e. The average Bonchev–Trinajstić information content (AvgIpc) is 3.34. The zero-order valence-corrected chi connectivity index (χ0v) is 14.1. The molecule has 8 nitrogen and oxygen atoms in total. The summed E-state index contributed by atoms with van der Waals surface area (Å²) in [5, 5.41) is 13.7. The van der Waals surface area contributed by atoms with Crippen molar-refractivity contribution >= 4 is 0 Å². The molecule has 1 aromatic carbocycles. The summed E-state index contributed by atoms with van der Waals surface area (Å²) in [6, 6.07) is 9.45. The van der Waals surface area contributed by atoms with Crippen LogP contribution >= 0.6 is 0 Å². The summed E-state index contributed by atoms with van der Waals surface area (Å²) in [6.45, 7) is 0.157. The number of pyridine rings is 1. The Morgan fingerprint density at radius 2 is 1.93 bits per heavy atom. The molecule has 3 aromatic heterocycles. The van der Waals surface area contributed by atoms with Crippen LogP contribution < -0.4 is 4.74 Å². The van der Waals surface area contributed by atoms with Gasteiger partial charge in [-0.2, -0.15) is 5.21 Å². The van der Waals surface area contributed by atoms with Crippen LogP contribution in [0, 0.1) is 0 Å². The van der Waals surface area contributed by atoms with Gasteiger partial charge in [0.15, 0.2) is 0 Å². The number of hydrogen-bond acceptors (Lipinski definition) is 6. The van der Waals surface area contributed by atoms with Crippen molar-refractivity contribution in [2.75, 3.05) is 0 Å². The van der Waals surface area contributed by atoms with Crippen molar-refractivity contribution in [3.8, 4) is 28.5 Å². The number of halogens is 3. The zero-order valence-electron chi connectivity index (χ0n) is 14.1. The highest BCUT2D eigenvalue weighted by molar-refractivity contribution is 5.63. The summed E-state index contributed by atoms with van der Waals surface area (Å²) < 4.78 is 43.5. The third kappa shape index (κ3) is 3.98. The van der Waals surface area contributed by atoms with Gasteiger partial charge in [0.05, 0.1) is 18.6 Å². The van der Waals surface area contributed by atoms with E-state index in [0.717, 1.165) is 0 Å². The summed E-state index contributed by atoms with van der Waals surface area (Å²) >= 11 is 0. The number of tetrazole rings is 1. The molecule has 0 bridgehead atoms.